The van der Waals surface area contributed by atoms with Gasteiger partial charge in [-0.2, -0.15) is 5.26 Å². The lowest BCUT2D eigenvalue weighted by Gasteiger charge is -2.15. The SMILES string of the molecule is N#Cc1ccc(-c2cccc(-c3nc(-c4ccc(-c5ccccc5)cc4)nc(-c4cc(-c5ccc6ccccc6c5)ccc4-c4ccccc4)n3)c2)cc1. The van der Waals surface area contributed by atoms with E-state index in [4.69, 9.17) is 15.0 Å². The molecule has 0 fully saturated rings. The molecule has 0 aliphatic heterocycles. The monoisotopic (exact) mass is 688 g/mol. The van der Waals surface area contributed by atoms with Crippen molar-refractivity contribution in [2.75, 3.05) is 0 Å². The molecule has 0 aliphatic rings. The molecule has 8 aromatic carbocycles. The van der Waals surface area contributed by atoms with Crippen LogP contribution in [0, 0.1) is 11.3 Å². The van der Waals surface area contributed by atoms with Crippen molar-refractivity contribution in [2.24, 2.45) is 0 Å². The number of benzene rings is 8. The van der Waals surface area contributed by atoms with Gasteiger partial charge in [-0.15, -0.1) is 0 Å². The first-order valence-corrected chi connectivity index (χ1v) is 17.9. The first-order chi connectivity index (χ1) is 26.7. The molecule has 0 atom stereocenters. The minimum Gasteiger partial charge on any atom is -0.208 e. The maximum atomic E-state index is 9.35. The summed E-state index contributed by atoms with van der Waals surface area (Å²) in [6.07, 6.45) is 0. The van der Waals surface area contributed by atoms with Crippen LogP contribution in [0.5, 0.6) is 0 Å². The maximum Gasteiger partial charge on any atom is 0.164 e. The summed E-state index contributed by atoms with van der Waals surface area (Å²) in [5, 5.41) is 11.7. The van der Waals surface area contributed by atoms with Gasteiger partial charge in [0, 0.05) is 16.7 Å². The summed E-state index contributed by atoms with van der Waals surface area (Å²) in [6, 6.07) is 68.8. The Bertz CT molecular complexity index is 2800. The van der Waals surface area contributed by atoms with Crippen LogP contribution in [-0.2, 0) is 0 Å². The Morgan fingerprint density at radius 2 is 0.778 bits per heavy atom. The van der Waals surface area contributed by atoms with Gasteiger partial charge in [0.2, 0.25) is 0 Å². The molecule has 252 valence electrons. The van der Waals surface area contributed by atoms with Crippen LogP contribution in [-0.4, -0.2) is 15.0 Å². The second-order valence-corrected chi connectivity index (χ2v) is 13.2. The zero-order chi connectivity index (χ0) is 36.3. The smallest absolute Gasteiger partial charge is 0.164 e. The van der Waals surface area contributed by atoms with E-state index in [1.54, 1.807) is 0 Å². The molecular weight excluding hydrogens is 657 g/mol. The molecule has 4 nitrogen and oxygen atoms in total. The van der Waals surface area contributed by atoms with Crippen LogP contribution in [0.1, 0.15) is 5.56 Å². The Balaban J connectivity index is 1.23. The molecule has 0 bridgehead atoms. The zero-order valence-electron chi connectivity index (χ0n) is 29.3. The van der Waals surface area contributed by atoms with E-state index in [2.05, 4.69) is 152 Å². The summed E-state index contributed by atoms with van der Waals surface area (Å²) in [6.45, 7) is 0. The van der Waals surface area contributed by atoms with Gasteiger partial charge in [-0.1, -0.05) is 164 Å². The van der Waals surface area contributed by atoms with Gasteiger partial charge >= 0.3 is 0 Å². The Morgan fingerprint density at radius 1 is 0.296 bits per heavy atom. The highest BCUT2D eigenvalue weighted by Gasteiger charge is 2.18. The number of hydrogen-bond donors (Lipinski definition) is 0. The molecule has 1 aromatic heterocycles. The van der Waals surface area contributed by atoms with Crippen molar-refractivity contribution < 1.29 is 0 Å². The van der Waals surface area contributed by atoms with Gasteiger partial charge < -0.3 is 0 Å². The Kier molecular flexibility index (Phi) is 8.57. The molecule has 0 saturated heterocycles. The number of nitrogens with zero attached hydrogens (tertiary/aromatic N) is 4. The van der Waals surface area contributed by atoms with E-state index in [-0.39, 0.29) is 0 Å². The molecule has 1 heterocycles. The molecule has 0 unspecified atom stereocenters. The van der Waals surface area contributed by atoms with Crippen LogP contribution >= 0.6 is 0 Å². The molecule has 9 aromatic rings. The van der Waals surface area contributed by atoms with Gasteiger partial charge in [0.15, 0.2) is 17.5 Å². The average Bonchev–Trinajstić information content (AvgIpc) is 3.26. The van der Waals surface area contributed by atoms with Gasteiger partial charge in [0.05, 0.1) is 11.6 Å². The summed E-state index contributed by atoms with van der Waals surface area (Å²) in [5.74, 6) is 1.76. The third kappa shape index (κ3) is 6.54. The van der Waals surface area contributed by atoms with Gasteiger partial charge in [0.1, 0.15) is 0 Å². The highest BCUT2D eigenvalue weighted by Crippen LogP contribution is 2.37. The molecule has 0 saturated carbocycles. The van der Waals surface area contributed by atoms with E-state index in [0.717, 1.165) is 61.2 Å². The fourth-order valence-electron chi connectivity index (χ4n) is 6.92. The Morgan fingerprint density at radius 3 is 1.52 bits per heavy atom. The first kappa shape index (κ1) is 32.4. The van der Waals surface area contributed by atoms with Crippen molar-refractivity contribution in [2.45, 2.75) is 0 Å². The van der Waals surface area contributed by atoms with Crippen LogP contribution in [0.4, 0.5) is 0 Å². The molecule has 9 rings (SSSR count). The van der Waals surface area contributed by atoms with E-state index >= 15 is 0 Å². The molecule has 0 aliphatic carbocycles. The van der Waals surface area contributed by atoms with Crippen molar-refractivity contribution in [3.8, 4) is 84.7 Å². The molecule has 4 heteroatoms. The van der Waals surface area contributed by atoms with Gasteiger partial charge in [0.25, 0.3) is 0 Å². The first-order valence-electron chi connectivity index (χ1n) is 17.9. The van der Waals surface area contributed by atoms with Gasteiger partial charge in [-0.3, -0.25) is 0 Å². The van der Waals surface area contributed by atoms with Crippen LogP contribution < -0.4 is 0 Å². The fourth-order valence-corrected chi connectivity index (χ4v) is 6.92. The van der Waals surface area contributed by atoms with E-state index in [9.17, 15) is 5.26 Å². The van der Waals surface area contributed by atoms with E-state index in [1.165, 1.54) is 10.8 Å². The lowest BCUT2D eigenvalue weighted by Crippen LogP contribution is -2.01. The number of aromatic nitrogens is 3. The summed E-state index contributed by atoms with van der Waals surface area (Å²) in [4.78, 5) is 15.6. The van der Waals surface area contributed by atoms with E-state index in [0.29, 0.717) is 23.0 Å². The summed E-state index contributed by atoms with van der Waals surface area (Å²) < 4.78 is 0. The third-order valence-corrected chi connectivity index (χ3v) is 9.78. The maximum absolute atomic E-state index is 9.35. The quantitative estimate of drug-likeness (QED) is 0.167. The zero-order valence-corrected chi connectivity index (χ0v) is 29.3. The van der Waals surface area contributed by atoms with E-state index < -0.39 is 0 Å². The fraction of sp³-hybridized carbons (Fsp3) is 0. The van der Waals surface area contributed by atoms with Gasteiger partial charge in [-0.05, 0) is 85.6 Å². The number of hydrogen-bond acceptors (Lipinski definition) is 4. The topological polar surface area (TPSA) is 62.5 Å². The summed E-state index contributed by atoms with van der Waals surface area (Å²) in [7, 11) is 0. The minimum atomic E-state index is 0.577. The predicted molar refractivity (Wildman–Crippen MR) is 220 cm³/mol. The lowest BCUT2D eigenvalue weighted by atomic mass is 9.93. The third-order valence-electron chi connectivity index (χ3n) is 9.78. The minimum absolute atomic E-state index is 0.577. The number of rotatable bonds is 7. The van der Waals surface area contributed by atoms with Crippen LogP contribution in [0.15, 0.2) is 194 Å². The molecule has 54 heavy (non-hydrogen) atoms. The second-order valence-electron chi connectivity index (χ2n) is 13.2. The van der Waals surface area contributed by atoms with Crippen molar-refractivity contribution in [3.05, 3.63) is 200 Å². The van der Waals surface area contributed by atoms with Gasteiger partial charge in [-0.25, -0.2) is 15.0 Å². The lowest BCUT2D eigenvalue weighted by molar-refractivity contribution is 1.07. The average molecular weight is 689 g/mol. The Labute approximate surface area is 314 Å². The standard InChI is InChI=1S/C50H32N4/c51-33-34-18-20-38(21-19-34)42-16-9-17-45(31-42)49-52-48(40-25-22-37(23-26-40)35-10-3-1-4-11-35)53-50(54-49)47-32-44(28-29-46(47)39-13-5-2-6-14-39)43-27-24-36-12-7-8-15-41(36)30-43/h1-32H. The van der Waals surface area contributed by atoms with E-state index in [1.807, 2.05) is 48.5 Å². The molecule has 0 amide bonds. The molecule has 0 radical (unpaired) electrons. The van der Waals surface area contributed by atoms with Crippen molar-refractivity contribution >= 4 is 10.8 Å². The Hall–Kier alpha value is -7.48. The summed E-state index contributed by atoms with van der Waals surface area (Å²) >= 11 is 0. The largest absolute Gasteiger partial charge is 0.208 e. The van der Waals surface area contributed by atoms with Crippen molar-refractivity contribution in [1.29, 1.82) is 5.26 Å². The molecular formula is C50H32N4. The molecule has 0 spiro atoms. The highest BCUT2D eigenvalue weighted by atomic mass is 15.0. The summed E-state index contributed by atoms with van der Waals surface area (Å²) in [5.41, 5.74) is 11.9. The predicted octanol–water partition coefficient (Wildman–Crippen LogP) is 12.6. The highest BCUT2D eigenvalue weighted by molar-refractivity contribution is 5.90. The van der Waals surface area contributed by atoms with Crippen molar-refractivity contribution in [3.63, 3.8) is 0 Å². The molecule has 0 N–H and O–H groups in total. The van der Waals surface area contributed by atoms with Crippen LogP contribution in [0.25, 0.3) is 89.4 Å². The van der Waals surface area contributed by atoms with Crippen LogP contribution in [0.3, 0.4) is 0 Å². The number of nitriles is 1. The normalized spacial score (nSPS) is 10.9. The van der Waals surface area contributed by atoms with Crippen LogP contribution in [0.2, 0.25) is 0 Å². The number of fused-ring (bicyclic) bond motifs is 1. The van der Waals surface area contributed by atoms with Crippen molar-refractivity contribution in [1.82, 2.24) is 15.0 Å². The second kappa shape index (κ2) is 14.3.